The summed E-state index contributed by atoms with van der Waals surface area (Å²) in [6, 6.07) is 0. The van der Waals surface area contributed by atoms with Crippen molar-refractivity contribution in [2.75, 3.05) is 13.2 Å². The van der Waals surface area contributed by atoms with Crippen molar-refractivity contribution in [2.24, 2.45) is 11.1 Å². The summed E-state index contributed by atoms with van der Waals surface area (Å²) in [6.07, 6.45) is 0.833. The molecule has 0 amide bonds. The van der Waals surface area contributed by atoms with E-state index in [4.69, 9.17) is 10.5 Å². The van der Waals surface area contributed by atoms with Crippen molar-refractivity contribution in [2.45, 2.75) is 45.3 Å². The first-order valence-electron chi connectivity index (χ1n) is 4.83. The molecule has 3 heteroatoms. The van der Waals surface area contributed by atoms with Gasteiger partial charge in [-0.15, -0.1) is 0 Å². The molecule has 1 rings (SSSR count). The van der Waals surface area contributed by atoms with Crippen LogP contribution in [-0.2, 0) is 4.74 Å². The van der Waals surface area contributed by atoms with Crippen LogP contribution in [0.5, 0.6) is 0 Å². The summed E-state index contributed by atoms with van der Waals surface area (Å²) in [5.41, 5.74) is 4.35. The maximum absolute atomic E-state index is 10.1. The van der Waals surface area contributed by atoms with Crippen LogP contribution < -0.4 is 5.73 Å². The molecule has 1 aliphatic heterocycles. The molecule has 1 saturated heterocycles. The Labute approximate surface area is 80.3 Å². The molecule has 0 aliphatic carbocycles. The zero-order valence-electron chi connectivity index (χ0n) is 9.05. The molecular weight excluding hydrogens is 166 g/mol. The van der Waals surface area contributed by atoms with Crippen LogP contribution in [0.2, 0.25) is 0 Å². The lowest BCUT2D eigenvalue weighted by Crippen LogP contribution is -2.58. The average molecular weight is 187 g/mol. The third-order valence-electron chi connectivity index (χ3n) is 3.66. The third kappa shape index (κ3) is 1.39. The fraction of sp³-hybridized carbons (Fsp3) is 1.00. The van der Waals surface area contributed by atoms with E-state index in [0.29, 0.717) is 13.2 Å². The van der Waals surface area contributed by atoms with E-state index in [9.17, 15) is 5.11 Å². The molecule has 0 aromatic carbocycles. The van der Waals surface area contributed by atoms with Gasteiger partial charge in [0.1, 0.15) is 0 Å². The van der Waals surface area contributed by atoms with E-state index in [1.54, 1.807) is 0 Å². The number of hydrogen-bond donors (Lipinski definition) is 2. The summed E-state index contributed by atoms with van der Waals surface area (Å²) in [4.78, 5) is 0. The van der Waals surface area contributed by atoms with Crippen LogP contribution in [0.1, 0.15) is 34.1 Å². The topological polar surface area (TPSA) is 55.5 Å². The van der Waals surface area contributed by atoms with E-state index in [1.165, 1.54) is 0 Å². The first-order valence-corrected chi connectivity index (χ1v) is 4.83. The number of nitrogens with two attached hydrogens (primary N) is 1. The minimum Gasteiger partial charge on any atom is -0.390 e. The Morgan fingerprint density at radius 3 is 2.15 bits per heavy atom. The predicted molar refractivity (Wildman–Crippen MR) is 52.4 cm³/mol. The van der Waals surface area contributed by atoms with Crippen molar-refractivity contribution in [1.82, 2.24) is 0 Å². The van der Waals surface area contributed by atoms with Gasteiger partial charge >= 0.3 is 0 Å². The van der Waals surface area contributed by atoms with Gasteiger partial charge < -0.3 is 15.6 Å². The van der Waals surface area contributed by atoms with Gasteiger partial charge in [0.25, 0.3) is 0 Å². The Morgan fingerprint density at radius 1 is 1.46 bits per heavy atom. The van der Waals surface area contributed by atoms with E-state index in [0.717, 1.165) is 6.42 Å². The summed E-state index contributed by atoms with van der Waals surface area (Å²) in [5.74, 6) is 0. The molecule has 78 valence electrons. The summed E-state index contributed by atoms with van der Waals surface area (Å²) in [5, 5.41) is 10.1. The minimum atomic E-state index is -0.790. The highest BCUT2D eigenvalue weighted by Gasteiger charge is 2.57. The molecular formula is C10H21NO2. The van der Waals surface area contributed by atoms with Gasteiger partial charge in [0.15, 0.2) is 0 Å². The fourth-order valence-corrected chi connectivity index (χ4v) is 2.56. The second-order valence-electron chi connectivity index (χ2n) is 4.95. The fourth-order valence-electron chi connectivity index (χ4n) is 2.56. The molecule has 0 bridgehead atoms. The van der Waals surface area contributed by atoms with E-state index >= 15 is 0 Å². The lowest BCUT2D eigenvalue weighted by Gasteiger charge is -2.47. The SMILES string of the molecule is CC(C)(O)C1(CN)CCOC1(C)C. The summed E-state index contributed by atoms with van der Waals surface area (Å²) in [6.45, 7) is 8.79. The van der Waals surface area contributed by atoms with Gasteiger partial charge in [-0.1, -0.05) is 0 Å². The Balaban J connectivity index is 3.06. The Bertz CT molecular complexity index is 196. The van der Waals surface area contributed by atoms with Crippen molar-refractivity contribution in [3.8, 4) is 0 Å². The standard InChI is InChI=1S/C10H21NO2/c1-8(2,12)10(7-11)5-6-13-9(10,3)4/h12H,5-7,11H2,1-4H3. The van der Waals surface area contributed by atoms with Gasteiger partial charge in [0.2, 0.25) is 0 Å². The second-order valence-corrected chi connectivity index (χ2v) is 4.95. The molecule has 1 fully saturated rings. The number of ether oxygens (including phenoxy) is 1. The molecule has 1 aliphatic rings. The first-order chi connectivity index (χ1) is 5.77. The van der Waals surface area contributed by atoms with E-state index in [2.05, 4.69) is 0 Å². The molecule has 1 unspecified atom stereocenters. The van der Waals surface area contributed by atoms with Gasteiger partial charge in [-0.3, -0.25) is 0 Å². The van der Waals surface area contributed by atoms with Crippen molar-refractivity contribution in [3.05, 3.63) is 0 Å². The largest absolute Gasteiger partial charge is 0.390 e. The van der Waals surface area contributed by atoms with Crippen LogP contribution in [-0.4, -0.2) is 29.5 Å². The molecule has 3 nitrogen and oxygen atoms in total. The first kappa shape index (κ1) is 11.0. The molecule has 3 N–H and O–H groups in total. The predicted octanol–water partition coefficient (Wildman–Crippen LogP) is 0.901. The van der Waals surface area contributed by atoms with E-state index in [1.807, 2.05) is 27.7 Å². The molecule has 1 heterocycles. The zero-order valence-corrected chi connectivity index (χ0v) is 9.05. The normalized spacial score (nSPS) is 33.7. The Morgan fingerprint density at radius 2 is 2.00 bits per heavy atom. The van der Waals surface area contributed by atoms with Crippen LogP contribution in [0.3, 0.4) is 0 Å². The Hall–Kier alpha value is -0.120. The third-order valence-corrected chi connectivity index (χ3v) is 3.66. The molecule has 0 aromatic heterocycles. The molecule has 0 spiro atoms. The molecule has 1 atom stereocenters. The molecule has 0 saturated carbocycles. The van der Waals surface area contributed by atoms with Gasteiger partial charge in [-0.25, -0.2) is 0 Å². The molecule has 0 aromatic rings. The molecule has 0 radical (unpaired) electrons. The van der Waals surface area contributed by atoms with Gasteiger partial charge in [0, 0.05) is 18.6 Å². The number of rotatable bonds is 2. The van der Waals surface area contributed by atoms with Crippen LogP contribution >= 0.6 is 0 Å². The highest BCUT2D eigenvalue weighted by molar-refractivity contribution is 5.07. The van der Waals surface area contributed by atoms with Gasteiger partial charge in [0.05, 0.1) is 11.2 Å². The maximum Gasteiger partial charge on any atom is 0.0722 e. The van der Waals surface area contributed by atoms with Crippen molar-refractivity contribution in [3.63, 3.8) is 0 Å². The average Bonchev–Trinajstić information content (AvgIpc) is 2.24. The van der Waals surface area contributed by atoms with Crippen LogP contribution in [0.15, 0.2) is 0 Å². The monoisotopic (exact) mass is 187 g/mol. The molecule has 13 heavy (non-hydrogen) atoms. The van der Waals surface area contributed by atoms with Crippen LogP contribution in [0, 0.1) is 5.41 Å². The zero-order chi connectivity index (χ0) is 10.3. The van der Waals surface area contributed by atoms with Crippen LogP contribution in [0.25, 0.3) is 0 Å². The number of aliphatic hydroxyl groups is 1. The van der Waals surface area contributed by atoms with E-state index in [-0.39, 0.29) is 11.0 Å². The highest BCUT2D eigenvalue weighted by Crippen LogP contribution is 2.49. The summed E-state index contributed by atoms with van der Waals surface area (Å²) >= 11 is 0. The number of hydrogen-bond acceptors (Lipinski definition) is 3. The van der Waals surface area contributed by atoms with Gasteiger partial charge in [-0.2, -0.15) is 0 Å². The smallest absolute Gasteiger partial charge is 0.0722 e. The minimum absolute atomic E-state index is 0.319. The van der Waals surface area contributed by atoms with Crippen molar-refractivity contribution in [1.29, 1.82) is 0 Å². The summed E-state index contributed by atoms with van der Waals surface area (Å²) in [7, 11) is 0. The quantitative estimate of drug-likeness (QED) is 0.675. The van der Waals surface area contributed by atoms with Gasteiger partial charge in [-0.05, 0) is 34.1 Å². The van der Waals surface area contributed by atoms with Crippen molar-refractivity contribution >= 4 is 0 Å². The second kappa shape index (κ2) is 2.94. The van der Waals surface area contributed by atoms with E-state index < -0.39 is 5.60 Å². The summed E-state index contributed by atoms with van der Waals surface area (Å²) < 4.78 is 5.63. The van der Waals surface area contributed by atoms with Crippen LogP contribution in [0.4, 0.5) is 0 Å². The lowest BCUT2D eigenvalue weighted by molar-refractivity contribution is -0.131. The maximum atomic E-state index is 10.1. The Kier molecular flexibility index (Phi) is 2.48. The van der Waals surface area contributed by atoms with Crippen molar-refractivity contribution < 1.29 is 9.84 Å². The lowest BCUT2D eigenvalue weighted by atomic mass is 9.63. The highest BCUT2D eigenvalue weighted by atomic mass is 16.5.